The van der Waals surface area contributed by atoms with E-state index in [-0.39, 0.29) is 18.4 Å². The highest BCUT2D eigenvalue weighted by Crippen LogP contribution is 2.34. The summed E-state index contributed by atoms with van der Waals surface area (Å²) in [6.45, 7) is 6.33. The van der Waals surface area contributed by atoms with Crippen LogP contribution in [0.4, 0.5) is 11.4 Å². The summed E-state index contributed by atoms with van der Waals surface area (Å²) in [6, 6.07) is 13.4. The molecule has 2 heterocycles. The lowest BCUT2D eigenvalue weighted by Crippen LogP contribution is -2.51. The summed E-state index contributed by atoms with van der Waals surface area (Å²) in [5.41, 5.74) is 3.69. The summed E-state index contributed by atoms with van der Waals surface area (Å²) in [6.07, 6.45) is 0.276. The Bertz CT molecular complexity index is 1000. The van der Waals surface area contributed by atoms with Gasteiger partial charge in [0.2, 0.25) is 5.91 Å². The number of rotatable bonds is 3. The van der Waals surface area contributed by atoms with Gasteiger partial charge in [-0.15, -0.1) is 0 Å². The SMILES string of the molecule is Cc1cccc(C)c1N=C1SCCCN1C(=O)CN1C(=O)C(C)Oc2ccccc21. The van der Waals surface area contributed by atoms with Crippen LogP contribution in [0.1, 0.15) is 24.5 Å². The van der Waals surface area contributed by atoms with Crippen LogP contribution in [0.25, 0.3) is 0 Å². The fourth-order valence-electron chi connectivity index (χ4n) is 3.70. The van der Waals surface area contributed by atoms with Crippen molar-refractivity contribution in [1.29, 1.82) is 0 Å². The first-order valence-corrected chi connectivity index (χ1v) is 11.1. The van der Waals surface area contributed by atoms with Crippen LogP contribution in [0.3, 0.4) is 0 Å². The molecule has 1 unspecified atom stereocenters. The van der Waals surface area contributed by atoms with Crippen LogP contribution in [-0.4, -0.2) is 46.8 Å². The number of nitrogens with zero attached hydrogens (tertiary/aromatic N) is 3. The minimum Gasteiger partial charge on any atom is -0.479 e. The van der Waals surface area contributed by atoms with Gasteiger partial charge in [0.1, 0.15) is 12.3 Å². The minimum absolute atomic E-state index is 0.0319. The Morgan fingerprint density at radius 3 is 2.67 bits per heavy atom. The Labute approximate surface area is 180 Å². The van der Waals surface area contributed by atoms with Crippen molar-refractivity contribution in [2.75, 3.05) is 23.7 Å². The van der Waals surface area contributed by atoms with Crippen molar-refractivity contribution in [3.05, 3.63) is 53.6 Å². The summed E-state index contributed by atoms with van der Waals surface area (Å²) in [7, 11) is 0. The molecule has 0 bridgehead atoms. The van der Waals surface area contributed by atoms with Crippen LogP contribution in [0, 0.1) is 13.8 Å². The van der Waals surface area contributed by atoms with Gasteiger partial charge in [-0.05, 0) is 50.5 Å². The van der Waals surface area contributed by atoms with Crippen molar-refractivity contribution < 1.29 is 14.3 Å². The summed E-state index contributed by atoms with van der Waals surface area (Å²) in [5.74, 6) is 1.20. The number of carbonyl (C=O) groups excluding carboxylic acids is 2. The number of hydrogen-bond donors (Lipinski definition) is 0. The molecule has 0 saturated carbocycles. The minimum atomic E-state index is -0.619. The predicted molar refractivity (Wildman–Crippen MR) is 121 cm³/mol. The lowest BCUT2D eigenvalue weighted by molar-refractivity contribution is -0.130. The van der Waals surface area contributed by atoms with Gasteiger partial charge < -0.3 is 4.74 Å². The number of aliphatic imine (C=N–C) groups is 1. The lowest BCUT2D eigenvalue weighted by Gasteiger charge is -2.35. The van der Waals surface area contributed by atoms with E-state index in [0.29, 0.717) is 23.1 Å². The first kappa shape index (κ1) is 20.5. The molecule has 1 atom stereocenters. The number of ether oxygens (including phenoxy) is 1. The molecule has 0 spiro atoms. The third-order valence-electron chi connectivity index (χ3n) is 5.30. The molecule has 2 aliphatic heterocycles. The summed E-state index contributed by atoms with van der Waals surface area (Å²) in [5, 5.41) is 0.700. The van der Waals surface area contributed by atoms with Crippen molar-refractivity contribution in [3.8, 4) is 5.75 Å². The average molecular weight is 424 g/mol. The van der Waals surface area contributed by atoms with Gasteiger partial charge in [-0.1, -0.05) is 42.1 Å². The van der Waals surface area contributed by atoms with Gasteiger partial charge in [0.15, 0.2) is 11.3 Å². The smallest absolute Gasteiger partial charge is 0.268 e. The zero-order valence-corrected chi connectivity index (χ0v) is 18.2. The molecule has 6 nitrogen and oxygen atoms in total. The van der Waals surface area contributed by atoms with Gasteiger partial charge in [0.25, 0.3) is 5.91 Å². The van der Waals surface area contributed by atoms with Gasteiger partial charge in [-0.2, -0.15) is 0 Å². The second-order valence-electron chi connectivity index (χ2n) is 7.53. The van der Waals surface area contributed by atoms with E-state index in [1.807, 2.05) is 56.3 Å². The molecule has 2 aromatic rings. The second kappa shape index (κ2) is 8.52. The highest BCUT2D eigenvalue weighted by molar-refractivity contribution is 8.13. The zero-order chi connectivity index (χ0) is 21.3. The second-order valence-corrected chi connectivity index (χ2v) is 8.60. The van der Waals surface area contributed by atoms with Gasteiger partial charge in [-0.25, -0.2) is 4.99 Å². The van der Waals surface area contributed by atoms with E-state index >= 15 is 0 Å². The van der Waals surface area contributed by atoms with E-state index in [2.05, 4.69) is 0 Å². The molecule has 0 N–H and O–H groups in total. The van der Waals surface area contributed by atoms with Crippen molar-refractivity contribution in [3.63, 3.8) is 0 Å². The number of hydrogen-bond acceptors (Lipinski definition) is 5. The van der Waals surface area contributed by atoms with Crippen LogP contribution in [0.5, 0.6) is 5.75 Å². The topological polar surface area (TPSA) is 62.2 Å². The maximum atomic E-state index is 13.3. The monoisotopic (exact) mass is 423 g/mol. The number of thioether (sulfide) groups is 1. The van der Waals surface area contributed by atoms with Crippen molar-refractivity contribution in [2.24, 2.45) is 4.99 Å². The first-order chi connectivity index (χ1) is 14.5. The Morgan fingerprint density at radius 1 is 1.17 bits per heavy atom. The van der Waals surface area contributed by atoms with Crippen LogP contribution >= 0.6 is 11.8 Å². The Balaban J connectivity index is 1.62. The number of aryl methyl sites for hydroxylation is 2. The van der Waals surface area contributed by atoms with Crippen LogP contribution < -0.4 is 9.64 Å². The van der Waals surface area contributed by atoms with E-state index in [1.165, 1.54) is 4.90 Å². The molecule has 4 rings (SSSR count). The number of amidine groups is 1. The Morgan fingerprint density at radius 2 is 1.90 bits per heavy atom. The fourth-order valence-corrected chi connectivity index (χ4v) is 4.66. The first-order valence-electron chi connectivity index (χ1n) is 10.1. The van der Waals surface area contributed by atoms with E-state index < -0.39 is 6.10 Å². The summed E-state index contributed by atoms with van der Waals surface area (Å²) in [4.78, 5) is 34.2. The number of carbonyl (C=O) groups is 2. The van der Waals surface area contributed by atoms with E-state index in [1.54, 1.807) is 23.6 Å². The molecular weight excluding hydrogens is 398 g/mol. The number of benzene rings is 2. The lowest BCUT2D eigenvalue weighted by atomic mass is 10.1. The summed E-state index contributed by atoms with van der Waals surface area (Å²) >= 11 is 1.59. The molecular formula is C23H25N3O3S. The van der Waals surface area contributed by atoms with E-state index in [0.717, 1.165) is 29.0 Å². The molecule has 30 heavy (non-hydrogen) atoms. The molecule has 2 aliphatic rings. The number of amides is 2. The normalized spacial score (nSPS) is 20.2. The average Bonchev–Trinajstić information content (AvgIpc) is 2.74. The molecule has 0 radical (unpaired) electrons. The molecule has 1 fully saturated rings. The van der Waals surface area contributed by atoms with Crippen LogP contribution in [-0.2, 0) is 9.59 Å². The molecule has 1 saturated heterocycles. The molecule has 0 aromatic heterocycles. The molecule has 0 aliphatic carbocycles. The van der Waals surface area contributed by atoms with Crippen molar-refractivity contribution in [1.82, 2.24) is 4.90 Å². The Hall–Kier alpha value is -2.80. The van der Waals surface area contributed by atoms with Crippen molar-refractivity contribution in [2.45, 2.75) is 33.3 Å². The largest absolute Gasteiger partial charge is 0.479 e. The van der Waals surface area contributed by atoms with E-state index in [4.69, 9.17) is 9.73 Å². The Kier molecular flexibility index (Phi) is 5.81. The zero-order valence-electron chi connectivity index (χ0n) is 17.4. The number of fused-ring (bicyclic) bond motifs is 1. The number of para-hydroxylation sites is 3. The molecule has 156 valence electrons. The van der Waals surface area contributed by atoms with Crippen molar-refractivity contribution >= 4 is 40.1 Å². The number of anilines is 1. The van der Waals surface area contributed by atoms with Gasteiger partial charge >= 0.3 is 0 Å². The third kappa shape index (κ3) is 3.94. The molecule has 7 heteroatoms. The maximum Gasteiger partial charge on any atom is 0.268 e. The molecule has 2 amide bonds. The third-order valence-corrected chi connectivity index (χ3v) is 6.37. The molecule has 2 aromatic carbocycles. The quantitative estimate of drug-likeness (QED) is 0.747. The highest BCUT2D eigenvalue weighted by atomic mass is 32.2. The van der Waals surface area contributed by atoms with Gasteiger partial charge in [0.05, 0.1) is 11.4 Å². The fraction of sp³-hybridized carbons (Fsp3) is 0.348. The van der Waals surface area contributed by atoms with Gasteiger partial charge in [-0.3, -0.25) is 19.4 Å². The van der Waals surface area contributed by atoms with Crippen LogP contribution in [0.2, 0.25) is 0 Å². The van der Waals surface area contributed by atoms with E-state index in [9.17, 15) is 9.59 Å². The predicted octanol–water partition coefficient (Wildman–Crippen LogP) is 4.07. The van der Waals surface area contributed by atoms with Crippen LogP contribution in [0.15, 0.2) is 47.5 Å². The standard InChI is InChI=1S/C23H25N3O3S/c1-15-8-6-9-16(2)21(15)24-23-25(12-7-13-30-23)20(27)14-26-18-10-4-5-11-19(18)29-17(3)22(26)28/h4-6,8-11,17H,7,12-14H2,1-3H3. The maximum absolute atomic E-state index is 13.3. The van der Waals surface area contributed by atoms with Gasteiger partial charge in [0, 0.05) is 12.3 Å². The summed E-state index contributed by atoms with van der Waals surface area (Å²) < 4.78 is 5.68. The highest BCUT2D eigenvalue weighted by Gasteiger charge is 2.34.